The third kappa shape index (κ3) is 4.88. The van der Waals surface area contributed by atoms with Crippen molar-refractivity contribution < 1.29 is 32.0 Å². The zero-order chi connectivity index (χ0) is 28.8. The summed E-state index contributed by atoms with van der Waals surface area (Å²) in [5.41, 5.74) is 3.36. The number of amides is 1. The molecule has 0 saturated heterocycles. The lowest BCUT2D eigenvalue weighted by molar-refractivity contribution is -0.130. The fourth-order valence-electron chi connectivity index (χ4n) is 4.33. The summed E-state index contributed by atoms with van der Waals surface area (Å²) in [6.45, 7) is -5.80. The van der Waals surface area contributed by atoms with Gasteiger partial charge >= 0.3 is 0 Å². The van der Waals surface area contributed by atoms with Crippen molar-refractivity contribution in [3.63, 3.8) is 0 Å². The van der Waals surface area contributed by atoms with Crippen LogP contribution in [0.5, 0.6) is 23.0 Å². The Labute approximate surface area is 204 Å². The number of methoxy groups -OCH3 is 4. The van der Waals surface area contributed by atoms with Crippen LogP contribution in [0.4, 0.5) is 0 Å². The van der Waals surface area contributed by atoms with E-state index < -0.39 is 25.3 Å². The molecule has 1 N–H and O–H groups in total. The molecule has 1 atom stereocenters. The first kappa shape index (κ1) is 16.6. The lowest BCUT2D eigenvalue weighted by Crippen LogP contribution is -2.35. The number of benzene rings is 2. The molecular formula is C26H34N2O5. The summed E-state index contributed by atoms with van der Waals surface area (Å²) in [4.78, 5) is 14.0. The first-order valence-corrected chi connectivity index (χ1v) is 10.8. The number of carbonyl (C=O) groups excluding carboxylic acids is 1. The molecule has 7 nitrogen and oxygen atoms in total. The zero-order valence-electron chi connectivity index (χ0n) is 25.4. The summed E-state index contributed by atoms with van der Waals surface area (Å²) in [5.74, 6) is 1.31. The molecular weight excluding hydrogens is 420 g/mol. The molecule has 0 saturated carbocycles. The van der Waals surface area contributed by atoms with Crippen molar-refractivity contribution in [3.05, 3.63) is 46.5 Å². The van der Waals surface area contributed by atoms with Crippen LogP contribution in [-0.4, -0.2) is 65.3 Å². The number of hydrogen-bond donors (Lipinski definition) is 1. The Morgan fingerprint density at radius 2 is 1.55 bits per heavy atom. The molecule has 1 aliphatic carbocycles. The second-order valence-corrected chi connectivity index (χ2v) is 8.00. The van der Waals surface area contributed by atoms with E-state index in [4.69, 9.17) is 27.2 Å². The van der Waals surface area contributed by atoms with Gasteiger partial charge in [-0.25, -0.2) is 0 Å². The van der Waals surface area contributed by atoms with Crippen molar-refractivity contribution in [1.29, 1.82) is 0 Å². The number of hydrogen-bond acceptors (Lipinski definition) is 6. The normalized spacial score (nSPS) is 20.9. The molecule has 178 valence electrons. The summed E-state index contributed by atoms with van der Waals surface area (Å²) in [6, 6.07) is 7.09. The third-order valence-electron chi connectivity index (χ3n) is 6.20. The molecule has 0 unspecified atom stereocenters. The predicted octanol–water partition coefficient (Wildman–Crippen LogP) is 2.97. The highest BCUT2D eigenvalue weighted by molar-refractivity contribution is 5.80. The van der Waals surface area contributed by atoms with Gasteiger partial charge in [0.1, 0.15) is 0 Å². The molecule has 0 spiro atoms. The molecule has 33 heavy (non-hydrogen) atoms. The predicted molar refractivity (Wildman–Crippen MR) is 127 cm³/mol. The minimum Gasteiger partial charge on any atom is -0.493 e. The van der Waals surface area contributed by atoms with Gasteiger partial charge in [-0.2, -0.15) is 0 Å². The van der Waals surface area contributed by atoms with Crippen LogP contribution >= 0.6 is 0 Å². The highest BCUT2D eigenvalue weighted by Crippen LogP contribution is 2.42. The lowest BCUT2D eigenvalue weighted by atomic mass is 9.77. The molecule has 4 rings (SSSR count). The number of fused-ring (bicyclic) bond motifs is 2. The molecule has 1 amide bonds. The Morgan fingerprint density at radius 3 is 2.21 bits per heavy atom. The number of ether oxygens (including phenoxy) is 4. The lowest BCUT2D eigenvalue weighted by Gasteiger charge is -2.31. The van der Waals surface area contributed by atoms with Crippen LogP contribution in [0.25, 0.3) is 0 Å². The SMILES string of the molecule is [2H]C([2H])(NC[C@H]1Cc2cc(OC)c(OC)cc21)C([2H])([2H])C([2H])([2H])N1CCc2cc(OC)c(OC)cc2CC1=O. The Hall–Kier alpha value is -2.93. The van der Waals surface area contributed by atoms with Gasteiger partial charge in [-0.1, -0.05) is 0 Å². The van der Waals surface area contributed by atoms with Crippen molar-refractivity contribution in [2.45, 2.75) is 31.6 Å². The van der Waals surface area contributed by atoms with E-state index in [9.17, 15) is 4.79 Å². The second kappa shape index (κ2) is 10.3. The monoisotopic (exact) mass is 460 g/mol. The van der Waals surface area contributed by atoms with E-state index in [-0.39, 0.29) is 31.8 Å². The minimum absolute atomic E-state index is 0.0735. The molecule has 2 aliphatic rings. The first-order valence-electron chi connectivity index (χ1n) is 13.8. The average molecular weight is 461 g/mol. The van der Waals surface area contributed by atoms with Gasteiger partial charge in [0, 0.05) is 33.7 Å². The van der Waals surface area contributed by atoms with Gasteiger partial charge in [0.2, 0.25) is 5.91 Å². The van der Waals surface area contributed by atoms with Crippen LogP contribution in [0.1, 0.15) is 42.8 Å². The van der Waals surface area contributed by atoms with E-state index in [1.165, 1.54) is 21.3 Å². The smallest absolute Gasteiger partial charge is 0.227 e. The zero-order valence-corrected chi connectivity index (χ0v) is 19.4. The maximum atomic E-state index is 13.2. The fourth-order valence-corrected chi connectivity index (χ4v) is 4.33. The summed E-state index contributed by atoms with van der Waals surface area (Å²) in [6.07, 6.45) is -2.39. The van der Waals surface area contributed by atoms with Crippen LogP contribution in [0.2, 0.25) is 0 Å². The van der Waals surface area contributed by atoms with E-state index in [0.29, 0.717) is 35.0 Å². The molecule has 2 aromatic rings. The largest absolute Gasteiger partial charge is 0.493 e. The van der Waals surface area contributed by atoms with Crippen LogP contribution < -0.4 is 24.3 Å². The molecule has 0 bridgehead atoms. The van der Waals surface area contributed by atoms with Crippen molar-refractivity contribution in [2.24, 2.45) is 0 Å². The third-order valence-corrected chi connectivity index (χ3v) is 6.20. The van der Waals surface area contributed by atoms with Gasteiger partial charge in [0.15, 0.2) is 23.0 Å². The van der Waals surface area contributed by atoms with Crippen LogP contribution in [-0.2, 0) is 24.1 Å². The summed E-state index contributed by atoms with van der Waals surface area (Å²) < 4.78 is 72.8. The van der Waals surface area contributed by atoms with Gasteiger partial charge in [-0.05, 0) is 72.2 Å². The van der Waals surface area contributed by atoms with E-state index in [0.717, 1.165) is 21.6 Å². The second-order valence-electron chi connectivity index (χ2n) is 8.00. The van der Waals surface area contributed by atoms with E-state index in [1.54, 1.807) is 19.2 Å². The highest BCUT2D eigenvalue weighted by atomic mass is 16.5. The number of rotatable bonds is 10. The maximum Gasteiger partial charge on any atom is 0.227 e. The van der Waals surface area contributed by atoms with Crippen molar-refractivity contribution in [2.75, 3.05) is 54.5 Å². The van der Waals surface area contributed by atoms with E-state index in [1.807, 2.05) is 12.1 Å². The number of nitrogens with one attached hydrogen (secondary N) is 1. The van der Waals surface area contributed by atoms with Crippen LogP contribution in [0.3, 0.4) is 0 Å². The standard InChI is InChI=1S/C26H34N2O5/c1-30-22-11-17-6-9-28(26(29)14-18(17)12-23(22)31-2)8-5-7-27-16-20-10-19-13-24(32-3)25(33-4)15-21(19)20/h11-13,15,20,27H,5-10,14,16H2,1-4H3/t20-/m1/s1/i5D2,7D2,8D2. The quantitative estimate of drug-likeness (QED) is 0.588. The number of nitrogens with zero attached hydrogens (tertiary/aromatic N) is 1. The molecule has 7 heteroatoms. The molecule has 0 fully saturated rings. The molecule has 2 aromatic carbocycles. The minimum atomic E-state index is -3.09. The number of carbonyl (C=O) groups is 1. The molecule has 1 heterocycles. The maximum absolute atomic E-state index is 13.2. The van der Waals surface area contributed by atoms with Gasteiger partial charge in [-0.15, -0.1) is 0 Å². The Morgan fingerprint density at radius 1 is 0.939 bits per heavy atom. The van der Waals surface area contributed by atoms with Gasteiger partial charge in [0.25, 0.3) is 0 Å². The van der Waals surface area contributed by atoms with Gasteiger partial charge in [-0.3, -0.25) is 4.79 Å². The van der Waals surface area contributed by atoms with Crippen molar-refractivity contribution in [1.82, 2.24) is 10.2 Å². The Balaban J connectivity index is 1.50. The summed E-state index contributed by atoms with van der Waals surface area (Å²) in [7, 11) is 6.05. The Kier molecular flexibility index (Phi) is 5.22. The average Bonchev–Trinajstić information content (AvgIpc) is 3.05. The molecule has 0 aromatic heterocycles. The van der Waals surface area contributed by atoms with Gasteiger partial charge in [0.05, 0.1) is 34.9 Å². The van der Waals surface area contributed by atoms with Crippen LogP contribution in [0.15, 0.2) is 24.3 Å². The molecule has 1 aliphatic heterocycles. The first-order chi connectivity index (χ1) is 18.3. The fraction of sp³-hybridized carbons (Fsp3) is 0.500. The highest BCUT2D eigenvalue weighted by Gasteiger charge is 2.28. The summed E-state index contributed by atoms with van der Waals surface area (Å²) >= 11 is 0. The van der Waals surface area contributed by atoms with Crippen LogP contribution in [0, 0.1) is 0 Å². The van der Waals surface area contributed by atoms with Crippen molar-refractivity contribution in [3.8, 4) is 23.0 Å². The van der Waals surface area contributed by atoms with E-state index in [2.05, 4.69) is 5.32 Å². The van der Waals surface area contributed by atoms with E-state index >= 15 is 0 Å². The van der Waals surface area contributed by atoms with Gasteiger partial charge < -0.3 is 29.2 Å². The van der Waals surface area contributed by atoms with Crippen molar-refractivity contribution >= 4 is 5.91 Å². The molecule has 0 radical (unpaired) electrons. The topological polar surface area (TPSA) is 69.3 Å². The Bertz CT molecular complexity index is 1260. The summed E-state index contributed by atoms with van der Waals surface area (Å²) in [5, 5.41) is 2.61.